The Balaban J connectivity index is 1.74. The molecule has 0 aliphatic carbocycles. The van der Waals surface area contributed by atoms with Gasteiger partial charge in [0.1, 0.15) is 5.75 Å². The second-order valence-electron chi connectivity index (χ2n) is 5.60. The van der Waals surface area contributed by atoms with Crippen molar-refractivity contribution in [3.8, 4) is 5.75 Å². The second-order valence-corrected chi connectivity index (χ2v) is 6.45. The van der Waals surface area contributed by atoms with E-state index in [1.165, 1.54) is 16.7 Å². The number of halogens is 1. The molecular formula is C18H20BrNO. The average Bonchev–Trinajstić information content (AvgIpc) is 2.94. The third kappa shape index (κ3) is 3.14. The van der Waals surface area contributed by atoms with Crippen LogP contribution in [0.15, 0.2) is 46.9 Å². The topological polar surface area (TPSA) is 21.3 Å². The molecule has 110 valence electrons. The maximum absolute atomic E-state index is 5.57. The smallest absolute Gasteiger partial charge is 0.122 e. The van der Waals surface area contributed by atoms with E-state index in [9.17, 15) is 0 Å². The highest BCUT2D eigenvalue weighted by atomic mass is 79.9. The van der Waals surface area contributed by atoms with Gasteiger partial charge in [-0.05, 0) is 42.7 Å². The van der Waals surface area contributed by atoms with Crippen LogP contribution in [0.25, 0.3) is 0 Å². The van der Waals surface area contributed by atoms with Crippen molar-refractivity contribution < 1.29 is 4.74 Å². The number of fused-ring (bicyclic) bond motifs is 1. The van der Waals surface area contributed by atoms with Crippen molar-refractivity contribution in [1.29, 1.82) is 0 Å². The van der Waals surface area contributed by atoms with Gasteiger partial charge in [-0.3, -0.25) is 0 Å². The van der Waals surface area contributed by atoms with Crippen molar-refractivity contribution in [2.45, 2.75) is 32.4 Å². The fraction of sp³-hybridized carbons (Fsp3) is 0.333. The Kier molecular flexibility index (Phi) is 4.32. The summed E-state index contributed by atoms with van der Waals surface area (Å²) in [7, 11) is 0. The normalized spacial score (nSPS) is 16.1. The molecule has 0 radical (unpaired) electrons. The summed E-state index contributed by atoms with van der Waals surface area (Å²) in [5.74, 6) is 1.05. The van der Waals surface area contributed by atoms with Gasteiger partial charge in [0.15, 0.2) is 0 Å². The molecule has 1 heterocycles. The maximum atomic E-state index is 5.57. The molecule has 0 aromatic heterocycles. The van der Waals surface area contributed by atoms with E-state index in [2.05, 4.69) is 71.5 Å². The van der Waals surface area contributed by atoms with Gasteiger partial charge in [-0.1, -0.05) is 46.3 Å². The molecule has 3 rings (SSSR count). The van der Waals surface area contributed by atoms with Gasteiger partial charge in [-0.15, -0.1) is 0 Å². The van der Waals surface area contributed by atoms with Crippen LogP contribution in [-0.4, -0.2) is 6.61 Å². The van der Waals surface area contributed by atoms with Crippen molar-refractivity contribution in [3.05, 3.63) is 63.6 Å². The van der Waals surface area contributed by atoms with Crippen molar-refractivity contribution in [2.75, 3.05) is 6.61 Å². The first kappa shape index (κ1) is 14.6. The lowest BCUT2D eigenvalue weighted by molar-refractivity contribution is 0.356. The largest absolute Gasteiger partial charge is 0.493 e. The minimum atomic E-state index is 0.292. The van der Waals surface area contributed by atoms with Crippen LogP contribution in [0.4, 0.5) is 0 Å². The molecule has 1 aliphatic rings. The highest BCUT2D eigenvalue weighted by Gasteiger charge is 2.17. The molecule has 2 aromatic carbocycles. The van der Waals surface area contributed by atoms with Crippen LogP contribution in [0.3, 0.4) is 0 Å². The Morgan fingerprint density at radius 2 is 1.90 bits per heavy atom. The van der Waals surface area contributed by atoms with E-state index in [1.807, 2.05) is 6.07 Å². The molecular weight excluding hydrogens is 326 g/mol. The van der Waals surface area contributed by atoms with Gasteiger partial charge in [0.25, 0.3) is 0 Å². The van der Waals surface area contributed by atoms with Crippen LogP contribution < -0.4 is 10.1 Å². The Bertz CT molecular complexity index is 641. The van der Waals surface area contributed by atoms with Crippen LogP contribution in [0.1, 0.15) is 42.6 Å². The number of nitrogens with one attached hydrogen (secondary N) is 1. The Hall–Kier alpha value is -1.32. The summed E-state index contributed by atoms with van der Waals surface area (Å²) >= 11 is 3.63. The molecule has 1 N–H and O–H groups in total. The fourth-order valence-electron chi connectivity index (χ4n) is 2.86. The third-order valence-electron chi connectivity index (χ3n) is 4.09. The number of benzene rings is 2. The molecule has 0 saturated carbocycles. The number of hydrogen-bond acceptors (Lipinski definition) is 2. The van der Waals surface area contributed by atoms with E-state index >= 15 is 0 Å². The molecule has 0 saturated heterocycles. The fourth-order valence-corrected chi connectivity index (χ4v) is 3.49. The lowest BCUT2D eigenvalue weighted by Gasteiger charge is -2.22. The molecule has 1 aliphatic heterocycles. The summed E-state index contributed by atoms with van der Waals surface area (Å²) in [6.07, 6.45) is 1.02. The Labute approximate surface area is 134 Å². The number of rotatable bonds is 4. The van der Waals surface area contributed by atoms with Gasteiger partial charge in [-0.2, -0.15) is 0 Å². The highest BCUT2D eigenvalue weighted by Crippen LogP contribution is 2.30. The zero-order valence-electron chi connectivity index (χ0n) is 12.4. The second kappa shape index (κ2) is 6.20. The summed E-state index contributed by atoms with van der Waals surface area (Å²) in [6, 6.07) is 15.5. The van der Waals surface area contributed by atoms with E-state index in [-0.39, 0.29) is 0 Å². The first-order chi connectivity index (χ1) is 10.1. The monoisotopic (exact) mass is 345 g/mol. The lowest BCUT2D eigenvalue weighted by Crippen LogP contribution is -2.22. The first-order valence-corrected chi connectivity index (χ1v) is 8.20. The molecule has 21 heavy (non-hydrogen) atoms. The van der Waals surface area contributed by atoms with Crippen LogP contribution in [0, 0.1) is 0 Å². The standard InChI is InChI=1S/C18H20BrNO/c1-12(14-7-8-18-15(11-14)9-10-21-18)20-13(2)16-5-3-4-6-17(16)19/h3-8,11-13,20H,9-10H2,1-2H3. The summed E-state index contributed by atoms with van der Waals surface area (Å²) in [5.41, 5.74) is 3.93. The average molecular weight is 346 g/mol. The quantitative estimate of drug-likeness (QED) is 0.859. The van der Waals surface area contributed by atoms with Gasteiger partial charge in [-0.25, -0.2) is 0 Å². The molecule has 2 nitrogen and oxygen atoms in total. The van der Waals surface area contributed by atoms with E-state index in [1.54, 1.807) is 0 Å². The van der Waals surface area contributed by atoms with E-state index in [0.29, 0.717) is 12.1 Å². The van der Waals surface area contributed by atoms with Gasteiger partial charge in [0.2, 0.25) is 0 Å². The van der Waals surface area contributed by atoms with Gasteiger partial charge in [0.05, 0.1) is 6.61 Å². The van der Waals surface area contributed by atoms with Gasteiger partial charge < -0.3 is 10.1 Å². The summed E-state index contributed by atoms with van der Waals surface area (Å²) in [4.78, 5) is 0. The van der Waals surface area contributed by atoms with Gasteiger partial charge in [0, 0.05) is 23.0 Å². The molecule has 0 amide bonds. The van der Waals surface area contributed by atoms with Crippen molar-refractivity contribution in [3.63, 3.8) is 0 Å². The molecule has 2 unspecified atom stereocenters. The predicted molar refractivity (Wildman–Crippen MR) is 89.7 cm³/mol. The van der Waals surface area contributed by atoms with E-state index in [4.69, 9.17) is 4.74 Å². The lowest BCUT2D eigenvalue weighted by atomic mass is 10.0. The predicted octanol–water partition coefficient (Wildman–Crippen LogP) is 4.80. The summed E-state index contributed by atoms with van der Waals surface area (Å²) < 4.78 is 6.73. The molecule has 0 spiro atoms. The molecule has 2 atom stereocenters. The van der Waals surface area contributed by atoms with Gasteiger partial charge >= 0.3 is 0 Å². The van der Waals surface area contributed by atoms with Crippen LogP contribution >= 0.6 is 15.9 Å². The van der Waals surface area contributed by atoms with E-state index < -0.39 is 0 Å². The van der Waals surface area contributed by atoms with Crippen LogP contribution in [0.2, 0.25) is 0 Å². The zero-order chi connectivity index (χ0) is 14.8. The minimum Gasteiger partial charge on any atom is -0.493 e. The van der Waals surface area contributed by atoms with Crippen molar-refractivity contribution in [2.24, 2.45) is 0 Å². The SMILES string of the molecule is CC(NC(C)c1ccccc1Br)c1ccc2c(c1)CCO2. The first-order valence-electron chi connectivity index (χ1n) is 7.41. The molecule has 3 heteroatoms. The van der Waals surface area contributed by atoms with Crippen molar-refractivity contribution >= 4 is 15.9 Å². The highest BCUT2D eigenvalue weighted by molar-refractivity contribution is 9.10. The minimum absolute atomic E-state index is 0.292. The van der Waals surface area contributed by atoms with E-state index in [0.717, 1.165) is 23.2 Å². The molecule has 0 fully saturated rings. The molecule has 0 bridgehead atoms. The number of hydrogen-bond donors (Lipinski definition) is 1. The summed E-state index contributed by atoms with van der Waals surface area (Å²) in [5, 5.41) is 3.67. The maximum Gasteiger partial charge on any atom is 0.122 e. The third-order valence-corrected chi connectivity index (χ3v) is 4.81. The Morgan fingerprint density at radius 3 is 2.71 bits per heavy atom. The van der Waals surface area contributed by atoms with Crippen molar-refractivity contribution in [1.82, 2.24) is 5.32 Å². The zero-order valence-corrected chi connectivity index (χ0v) is 14.0. The molecule has 2 aromatic rings. The van der Waals surface area contributed by atoms with Crippen LogP contribution in [0.5, 0.6) is 5.75 Å². The summed E-state index contributed by atoms with van der Waals surface area (Å²) in [6.45, 7) is 5.23. The number of ether oxygens (including phenoxy) is 1. The van der Waals surface area contributed by atoms with Crippen LogP contribution in [-0.2, 0) is 6.42 Å². The Morgan fingerprint density at radius 1 is 1.10 bits per heavy atom.